The van der Waals surface area contributed by atoms with E-state index in [1.54, 1.807) is 7.11 Å². The van der Waals surface area contributed by atoms with Crippen LogP contribution in [0, 0.1) is 13.8 Å². The van der Waals surface area contributed by atoms with Gasteiger partial charge in [-0.2, -0.15) is 0 Å². The predicted molar refractivity (Wildman–Crippen MR) is 102 cm³/mol. The zero-order chi connectivity index (χ0) is 18.2. The van der Waals surface area contributed by atoms with Gasteiger partial charge < -0.3 is 14.6 Å². The van der Waals surface area contributed by atoms with Gasteiger partial charge >= 0.3 is 0 Å². The van der Waals surface area contributed by atoms with Crippen LogP contribution in [0.25, 0.3) is 0 Å². The number of unbranched alkanes of at least 4 members (excludes halogenated alkanes) is 1. The number of carbonyl (C=O) groups excluding carboxylic acids is 1. The summed E-state index contributed by atoms with van der Waals surface area (Å²) in [6, 6.07) is 7.70. The van der Waals surface area contributed by atoms with Crippen molar-refractivity contribution >= 4 is 17.7 Å². The molecule has 0 saturated heterocycles. The number of imidazole rings is 1. The molecule has 1 heterocycles. The fourth-order valence-electron chi connectivity index (χ4n) is 2.44. The quantitative estimate of drug-likeness (QED) is 0.692. The number of carbonyl (C=O) groups is 1. The molecule has 5 nitrogen and oxygen atoms in total. The standard InChI is InChI=1S/C19H27N3O2S/c1-5-6-11-22-15(3)14(2)21-19(22)25-13-18(23)20-12-16-7-9-17(24-4)10-8-16/h7-10H,5-6,11-13H2,1-4H3,(H,20,23). The molecule has 0 aliphatic rings. The van der Waals surface area contributed by atoms with Gasteiger partial charge in [-0.25, -0.2) is 4.98 Å². The zero-order valence-electron chi connectivity index (χ0n) is 15.5. The van der Waals surface area contributed by atoms with Crippen LogP contribution in [0.1, 0.15) is 36.7 Å². The van der Waals surface area contributed by atoms with Gasteiger partial charge in [-0.1, -0.05) is 37.2 Å². The topological polar surface area (TPSA) is 56.2 Å². The third-order valence-electron chi connectivity index (χ3n) is 4.14. The SMILES string of the molecule is CCCCn1c(SCC(=O)NCc2ccc(OC)cc2)nc(C)c1C. The molecule has 2 rings (SSSR count). The fourth-order valence-corrected chi connectivity index (χ4v) is 3.39. The third kappa shape index (κ3) is 5.53. The summed E-state index contributed by atoms with van der Waals surface area (Å²) < 4.78 is 7.36. The highest BCUT2D eigenvalue weighted by Crippen LogP contribution is 2.21. The third-order valence-corrected chi connectivity index (χ3v) is 5.12. The number of aryl methyl sites for hydroxylation is 1. The molecule has 6 heteroatoms. The van der Waals surface area contributed by atoms with E-state index in [1.807, 2.05) is 31.2 Å². The molecular weight excluding hydrogens is 334 g/mol. The molecule has 1 amide bonds. The number of aromatic nitrogens is 2. The Bertz CT molecular complexity index is 695. The summed E-state index contributed by atoms with van der Waals surface area (Å²) >= 11 is 1.50. The van der Waals surface area contributed by atoms with E-state index in [0.29, 0.717) is 12.3 Å². The molecule has 0 spiro atoms. The van der Waals surface area contributed by atoms with Gasteiger partial charge in [0.15, 0.2) is 5.16 Å². The molecule has 0 saturated carbocycles. The first-order chi connectivity index (χ1) is 12.0. The van der Waals surface area contributed by atoms with Crippen LogP contribution in [0.2, 0.25) is 0 Å². The van der Waals surface area contributed by atoms with E-state index in [9.17, 15) is 4.79 Å². The Kier molecular flexibility index (Phi) is 7.37. The first-order valence-corrected chi connectivity index (χ1v) is 9.59. The van der Waals surface area contributed by atoms with E-state index in [0.717, 1.165) is 41.5 Å². The summed E-state index contributed by atoms with van der Waals surface area (Å²) in [7, 11) is 1.64. The summed E-state index contributed by atoms with van der Waals surface area (Å²) in [5.74, 6) is 1.20. The van der Waals surface area contributed by atoms with Gasteiger partial charge in [-0.05, 0) is 38.0 Å². The molecule has 25 heavy (non-hydrogen) atoms. The summed E-state index contributed by atoms with van der Waals surface area (Å²) in [6.07, 6.45) is 2.26. The Hall–Kier alpha value is -1.95. The number of methoxy groups -OCH3 is 1. The molecule has 0 bridgehead atoms. The monoisotopic (exact) mass is 361 g/mol. The summed E-state index contributed by atoms with van der Waals surface area (Å²) in [5.41, 5.74) is 3.28. The van der Waals surface area contributed by atoms with Crippen molar-refractivity contribution in [2.75, 3.05) is 12.9 Å². The van der Waals surface area contributed by atoms with Gasteiger partial charge in [0, 0.05) is 18.8 Å². The van der Waals surface area contributed by atoms with Gasteiger partial charge in [0.1, 0.15) is 5.75 Å². The van der Waals surface area contributed by atoms with E-state index < -0.39 is 0 Å². The zero-order valence-corrected chi connectivity index (χ0v) is 16.3. The lowest BCUT2D eigenvalue weighted by molar-refractivity contribution is -0.118. The van der Waals surface area contributed by atoms with Crippen LogP contribution in [0.15, 0.2) is 29.4 Å². The van der Waals surface area contributed by atoms with Crippen molar-refractivity contribution in [3.05, 3.63) is 41.2 Å². The van der Waals surface area contributed by atoms with Gasteiger partial charge in [0.25, 0.3) is 0 Å². The van der Waals surface area contributed by atoms with E-state index in [1.165, 1.54) is 17.5 Å². The van der Waals surface area contributed by atoms with Crippen molar-refractivity contribution in [1.29, 1.82) is 0 Å². The number of nitrogens with zero attached hydrogens (tertiary/aromatic N) is 2. The number of hydrogen-bond acceptors (Lipinski definition) is 4. The largest absolute Gasteiger partial charge is 0.497 e. The number of nitrogens with one attached hydrogen (secondary N) is 1. The minimum absolute atomic E-state index is 0.0150. The van der Waals surface area contributed by atoms with E-state index >= 15 is 0 Å². The number of rotatable bonds is 9. The van der Waals surface area contributed by atoms with Crippen molar-refractivity contribution in [3.8, 4) is 5.75 Å². The highest BCUT2D eigenvalue weighted by Gasteiger charge is 2.13. The molecule has 1 aromatic heterocycles. The Morgan fingerprint density at radius 2 is 2.00 bits per heavy atom. The second-order valence-corrected chi connectivity index (χ2v) is 6.93. The lowest BCUT2D eigenvalue weighted by atomic mass is 10.2. The van der Waals surface area contributed by atoms with Crippen LogP contribution in [0.3, 0.4) is 0 Å². The summed E-state index contributed by atoms with van der Waals surface area (Å²) in [6.45, 7) is 7.76. The van der Waals surface area contributed by atoms with Crippen LogP contribution in [-0.4, -0.2) is 28.3 Å². The molecule has 0 atom stereocenters. The average molecular weight is 362 g/mol. The maximum Gasteiger partial charge on any atom is 0.230 e. The van der Waals surface area contributed by atoms with Crippen LogP contribution in [-0.2, 0) is 17.9 Å². The van der Waals surface area contributed by atoms with Crippen molar-refractivity contribution in [2.24, 2.45) is 0 Å². The summed E-state index contributed by atoms with van der Waals surface area (Å²) in [5, 5.41) is 3.89. The van der Waals surface area contributed by atoms with Gasteiger partial charge in [-0.3, -0.25) is 4.79 Å². The normalized spacial score (nSPS) is 10.7. The Morgan fingerprint density at radius 3 is 2.64 bits per heavy atom. The summed E-state index contributed by atoms with van der Waals surface area (Å²) in [4.78, 5) is 16.7. The lowest BCUT2D eigenvalue weighted by Gasteiger charge is -2.09. The second kappa shape index (κ2) is 9.51. The predicted octanol–water partition coefficient (Wildman–Crippen LogP) is 3.72. The van der Waals surface area contributed by atoms with Gasteiger partial charge in [0.2, 0.25) is 5.91 Å². The number of amides is 1. The second-order valence-electron chi connectivity index (χ2n) is 5.98. The first kappa shape index (κ1) is 19.4. The van der Waals surface area contributed by atoms with Crippen LogP contribution in [0.5, 0.6) is 5.75 Å². The van der Waals surface area contributed by atoms with Crippen molar-refractivity contribution < 1.29 is 9.53 Å². The fraction of sp³-hybridized carbons (Fsp3) is 0.474. The highest BCUT2D eigenvalue weighted by atomic mass is 32.2. The minimum Gasteiger partial charge on any atom is -0.497 e. The molecule has 0 radical (unpaired) electrons. The lowest BCUT2D eigenvalue weighted by Crippen LogP contribution is -2.24. The van der Waals surface area contributed by atoms with Crippen molar-refractivity contribution in [1.82, 2.24) is 14.9 Å². The van der Waals surface area contributed by atoms with Crippen LogP contribution >= 0.6 is 11.8 Å². The number of thioether (sulfide) groups is 1. The average Bonchev–Trinajstić information content (AvgIpc) is 2.90. The molecular formula is C19H27N3O2S. The highest BCUT2D eigenvalue weighted by molar-refractivity contribution is 7.99. The smallest absolute Gasteiger partial charge is 0.230 e. The Labute approximate surface area is 154 Å². The number of benzene rings is 1. The van der Waals surface area contributed by atoms with Gasteiger partial charge in [-0.15, -0.1) is 0 Å². The molecule has 136 valence electrons. The minimum atomic E-state index is 0.0150. The molecule has 0 aliphatic carbocycles. The molecule has 0 fully saturated rings. The van der Waals surface area contributed by atoms with E-state index in [4.69, 9.17) is 4.74 Å². The van der Waals surface area contributed by atoms with E-state index in [2.05, 4.69) is 28.7 Å². The molecule has 0 aliphatic heterocycles. The maximum absolute atomic E-state index is 12.1. The Balaban J connectivity index is 1.86. The number of hydrogen-bond donors (Lipinski definition) is 1. The molecule has 1 N–H and O–H groups in total. The Morgan fingerprint density at radius 1 is 1.28 bits per heavy atom. The molecule has 0 unspecified atom stereocenters. The van der Waals surface area contributed by atoms with Crippen molar-refractivity contribution in [3.63, 3.8) is 0 Å². The first-order valence-electron chi connectivity index (χ1n) is 8.61. The number of ether oxygens (including phenoxy) is 1. The van der Waals surface area contributed by atoms with Crippen LogP contribution in [0.4, 0.5) is 0 Å². The maximum atomic E-state index is 12.1. The molecule has 1 aromatic carbocycles. The van der Waals surface area contributed by atoms with E-state index in [-0.39, 0.29) is 5.91 Å². The van der Waals surface area contributed by atoms with Crippen LogP contribution < -0.4 is 10.1 Å². The molecule has 2 aromatic rings. The van der Waals surface area contributed by atoms with Gasteiger partial charge in [0.05, 0.1) is 18.6 Å². The van der Waals surface area contributed by atoms with Crippen molar-refractivity contribution in [2.45, 2.75) is 51.9 Å².